The normalized spacial score (nSPS) is 28.1. The van der Waals surface area contributed by atoms with E-state index in [-0.39, 0.29) is 36.6 Å². The van der Waals surface area contributed by atoms with Crippen molar-refractivity contribution in [2.75, 3.05) is 12.1 Å². The number of aryl methyl sites for hydroxylation is 1. The van der Waals surface area contributed by atoms with E-state index in [1.54, 1.807) is 16.8 Å². The molecular formula is C14H19N3O4. The molecule has 21 heavy (non-hydrogen) atoms. The average Bonchev–Trinajstić information content (AvgIpc) is 2.96. The smallest absolute Gasteiger partial charge is 0.250 e. The van der Waals surface area contributed by atoms with Gasteiger partial charge in [-0.1, -0.05) is 0 Å². The molecule has 2 aliphatic heterocycles. The summed E-state index contributed by atoms with van der Waals surface area (Å²) in [5, 5.41) is 5.98. The molecule has 0 aliphatic carbocycles. The Balaban J connectivity index is 1.65. The third-order valence-corrected chi connectivity index (χ3v) is 3.88. The number of pyridine rings is 1. The number of piperidine rings is 1. The molecule has 2 fully saturated rings. The summed E-state index contributed by atoms with van der Waals surface area (Å²) in [5.74, 6) is -0.120. The van der Waals surface area contributed by atoms with Crippen molar-refractivity contribution in [1.82, 2.24) is 9.88 Å². The van der Waals surface area contributed by atoms with Crippen LogP contribution in [-0.2, 0) is 20.8 Å². The summed E-state index contributed by atoms with van der Waals surface area (Å²) in [7, 11) is 0. The summed E-state index contributed by atoms with van der Waals surface area (Å²) < 4.78 is 12.3. The van der Waals surface area contributed by atoms with Crippen LogP contribution in [0.25, 0.3) is 0 Å². The number of carbonyl (C=O) groups is 1. The number of anilines is 1. The molecule has 2 saturated heterocycles. The van der Waals surface area contributed by atoms with Crippen molar-refractivity contribution in [2.45, 2.75) is 44.7 Å². The van der Waals surface area contributed by atoms with E-state index >= 15 is 0 Å². The largest absolute Gasteiger partial charge is 0.348 e. The third-order valence-electron chi connectivity index (χ3n) is 3.88. The first-order valence-electron chi connectivity index (χ1n) is 7.18. The minimum atomic E-state index is -0.310. The zero-order valence-electron chi connectivity index (χ0n) is 11.9. The number of nitrogens with one attached hydrogen (secondary N) is 2. The fraction of sp³-hybridized carbons (Fsp3) is 0.571. The number of hydrogen-bond acceptors (Lipinski definition) is 5. The lowest BCUT2D eigenvalue weighted by atomic mass is 10.0. The van der Waals surface area contributed by atoms with Gasteiger partial charge in [0.1, 0.15) is 19.1 Å². The van der Waals surface area contributed by atoms with Gasteiger partial charge in [-0.15, -0.1) is 0 Å². The predicted octanol–water partition coefficient (Wildman–Crippen LogP) is 0.258. The van der Waals surface area contributed by atoms with Gasteiger partial charge in [-0.3, -0.25) is 14.9 Å². The standard InChI is InChI=1S/C14H19N3O4/c1-2-17-7-9(3-6-12(17)18)15-13(19)10-4-5-11-14(16-10)21-8-20-11/h3,6-7,10-11,14,16H,2,4-5,8H2,1H3,(H,15,19). The highest BCUT2D eigenvalue weighted by atomic mass is 16.7. The van der Waals surface area contributed by atoms with Gasteiger partial charge in [-0.25, -0.2) is 0 Å². The van der Waals surface area contributed by atoms with E-state index < -0.39 is 0 Å². The second-order valence-electron chi connectivity index (χ2n) is 5.24. The van der Waals surface area contributed by atoms with Crippen LogP contribution < -0.4 is 16.2 Å². The van der Waals surface area contributed by atoms with Gasteiger partial charge in [-0.05, 0) is 25.8 Å². The Hall–Kier alpha value is -1.70. The van der Waals surface area contributed by atoms with Gasteiger partial charge in [0.15, 0.2) is 0 Å². The Morgan fingerprint density at radius 3 is 3.10 bits per heavy atom. The summed E-state index contributed by atoms with van der Waals surface area (Å²) in [4.78, 5) is 23.8. The molecule has 3 atom stereocenters. The van der Waals surface area contributed by atoms with Crippen LogP contribution >= 0.6 is 0 Å². The summed E-state index contributed by atoms with van der Waals surface area (Å²) in [6.45, 7) is 2.73. The maximum atomic E-state index is 12.3. The van der Waals surface area contributed by atoms with Crippen LogP contribution in [-0.4, -0.2) is 35.6 Å². The molecule has 2 N–H and O–H groups in total. The van der Waals surface area contributed by atoms with Crippen LogP contribution in [0.2, 0.25) is 0 Å². The molecule has 3 heterocycles. The molecule has 3 rings (SSSR count). The predicted molar refractivity (Wildman–Crippen MR) is 75.8 cm³/mol. The number of fused-ring (bicyclic) bond motifs is 1. The number of rotatable bonds is 3. The van der Waals surface area contributed by atoms with Gasteiger partial charge < -0.3 is 19.4 Å². The zero-order chi connectivity index (χ0) is 14.8. The van der Waals surface area contributed by atoms with Crippen LogP contribution in [0.4, 0.5) is 5.69 Å². The highest BCUT2D eigenvalue weighted by Crippen LogP contribution is 2.23. The van der Waals surface area contributed by atoms with E-state index in [4.69, 9.17) is 9.47 Å². The number of carbonyl (C=O) groups excluding carboxylic acids is 1. The van der Waals surface area contributed by atoms with Gasteiger partial charge in [-0.2, -0.15) is 0 Å². The van der Waals surface area contributed by atoms with E-state index in [9.17, 15) is 9.59 Å². The summed E-state index contributed by atoms with van der Waals surface area (Å²) in [6.07, 6.45) is 2.98. The number of nitrogens with zero attached hydrogens (tertiary/aromatic N) is 1. The van der Waals surface area contributed by atoms with Gasteiger partial charge >= 0.3 is 0 Å². The molecule has 0 radical (unpaired) electrons. The molecule has 7 nitrogen and oxygen atoms in total. The molecule has 114 valence electrons. The van der Waals surface area contributed by atoms with Crippen LogP contribution in [0, 0.1) is 0 Å². The second-order valence-corrected chi connectivity index (χ2v) is 5.24. The maximum Gasteiger partial charge on any atom is 0.250 e. The lowest BCUT2D eigenvalue weighted by molar-refractivity contribution is -0.120. The fourth-order valence-corrected chi connectivity index (χ4v) is 2.69. The monoisotopic (exact) mass is 293 g/mol. The van der Waals surface area contributed by atoms with Crippen LogP contribution in [0.5, 0.6) is 0 Å². The number of hydrogen-bond donors (Lipinski definition) is 2. The van der Waals surface area contributed by atoms with E-state index in [1.165, 1.54) is 6.07 Å². The SMILES string of the molecule is CCn1cc(NC(=O)C2CCC3OCOC3N2)ccc1=O. The molecule has 1 aromatic heterocycles. The van der Waals surface area contributed by atoms with E-state index in [2.05, 4.69) is 10.6 Å². The van der Waals surface area contributed by atoms with Crippen molar-refractivity contribution in [3.63, 3.8) is 0 Å². The van der Waals surface area contributed by atoms with Crippen LogP contribution in [0.1, 0.15) is 19.8 Å². The van der Waals surface area contributed by atoms with E-state index in [0.29, 0.717) is 18.7 Å². The first-order valence-corrected chi connectivity index (χ1v) is 7.18. The van der Waals surface area contributed by atoms with Crippen LogP contribution in [0.15, 0.2) is 23.1 Å². The molecule has 0 bridgehead atoms. The molecule has 3 unspecified atom stereocenters. The third kappa shape index (κ3) is 2.99. The van der Waals surface area contributed by atoms with Gasteiger partial charge in [0.25, 0.3) is 5.56 Å². The van der Waals surface area contributed by atoms with Crippen molar-refractivity contribution in [1.29, 1.82) is 0 Å². The van der Waals surface area contributed by atoms with Gasteiger partial charge in [0, 0.05) is 18.8 Å². The van der Waals surface area contributed by atoms with Gasteiger partial charge in [0.05, 0.1) is 11.7 Å². The van der Waals surface area contributed by atoms with Crippen molar-refractivity contribution >= 4 is 11.6 Å². The Morgan fingerprint density at radius 2 is 2.29 bits per heavy atom. The van der Waals surface area contributed by atoms with Gasteiger partial charge in [0.2, 0.25) is 5.91 Å². The molecule has 0 aromatic carbocycles. The molecule has 7 heteroatoms. The second kappa shape index (κ2) is 5.97. The summed E-state index contributed by atoms with van der Waals surface area (Å²) >= 11 is 0. The first kappa shape index (κ1) is 14.2. The molecular weight excluding hydrogens is 274 g/mol. The molecule has 2 aliphatic rings. The lowest BCUT2D eigenvalue weighted by Gasteiger charge is -2.30. The Morgan fingerprint density at radius 1 is 1.43 bits per heavy atom. The molecule has 1 aromatic rings. The fourth-order valence-electron chi connectivity index (χ4n) is 2.69. The van der Waals surface area contributed by atoms with Crippen molar-refractivity contribution in [3.05, 3.63) is 28.7 Å². The van der Waals surface area contributed by atoms with E-state index in [1.807, 2.05) is 6.92 Å². The molecule has 0 spiro atoms. The first-order chi connectivity index (χ1) is 10.2. The summed E-state index contributed by atoms with van der Waals surface area (Å²) in [5.41, 5.74) is 0.541. The maximum absolute atomic E-state index is 12.3. The zero-order valence-corrected chi connectivity index (χ0v) is 11.9. The molecule has 1 amide bonds. The Labute approximate surface area is 122 Å². The number of aromatic nitrogens is 1. The number of ether oxygens (including phenoxy) is 2. The average molecular weight is 293 g/mol. The Bertz CT molecular complexity index is 586. The quantitative estimate of drug-likeness (QED) is 0.835. The van der Waals surface area contributed by atoms with E-state index in [0.717, 1.165) is 6.42 Å². The van der Waals surface area contributed by atoms with Crippen molar-refractivity contribution < 1.29 is 14.3 Å². The minimum absolute atomic E-state index is 0.0380. The topological polar surface area (TPSA) is 81.6 Å². The molecule has 0 saturated carbocycles. The highest BCUT2D eigenvalue weighted by Gasteiger charge is 2.37. The number of amides is 1. The van der Waals surface area contributed by atoms with Crippen molar-refractivity contribution in [2.24, 2.45) is 0 Å². The minimum Gasteiger partial charge on any atom is -0.348 e. The lowest BCUT2D eigenvalue weighted by Crippen LogP contribution is -2.53. The highest BCUT2D eigenvalue weighted by molar-refractivity contribution is 5.94. The van der Waals surface area contributed by atoms with Crippen LogP contribution in [0.3, 0.4) is 0 Å². The van der Waals surface area contributed by atoms with Crippen molar-refractivity contribution in [3.8, 4) is 0 Å². The summed E-state index contributed by atoms with van der Waals surface area (Å²) in [6, 6.07) is 2.76. The Kier molecular flexibility index (Phi) is 4.05.